The van der Waals surface area contributed by atoms with Crippen molar-refractivity contribution in [3.8, 4) is 17.2 Å². The zero-order chi connectivity index (χ0) is 21.0. The molecule has 0 spiro atoms. The van der Waals surface area contributed by atoms with Crippen LogP contribution < -0.4 is 19.5 Å². The number of carbonyl (C=O) groups is 1. The highest BCUT2D eigenvalue weighted by Crippen LogP contribution is 2.38. The number of methoxy groups -OCH3 is 3. The van der Waals surface area contributed by atoms with E-state index in [1.165, 1.54) is 27.4 Å². The van der Waals surface area contributed by atoms with E-state index in [2.05, 4.69) is 5.32 Å². The van der Waals surface area contributed by atoms with Crippen LogP contribution in [0.3, 0.4) is 0 Å². The van der Waals surface area contributed by atoms with Crippen molar-refractivity contribution >= 4 is 22.1 Å². The molecule has 0 fully saturated rings. The molecular formula is C19H29NO7S. The molecule has 0 saturated carbocycles. The van der Waals surface area contributed by atoms with Gasteiger partial charge in [0.05, 0.1) is 27.1 Å². The average Bonchev–Trinajstić information content (AvgIpc) is 2.66. The Morgan fingerprint density at radius 2 is 1.57 bits per heavy atom. The molecule has 1 aromatic rings. The topological polar surface area (TPSA) is 111 Å². The predicted molar refractivity (Wildman–Crippen MR) is 108 cm³/mol. The third-order valence-corrected chi connectivity index (χ3v) is 4.80. The molecule has 1 rings (SSSR count). The number of amides is 1. The molecule has 0 unspecified atom stereocenters. The lowest BCUT2D eigenvalue weighted by molar-refractivity contribution is -0.116. The normalized spacial score (nSPS) is 11.4. The summed E-state index contributed by atoms with van der Waals surface area (Å²) in [4.78, 5) is 11.9. The van der Waals surface area contributed by atoms with Gasteiger partial charge in [0.15, 0.2) is 11.5 Å². The first-order chi connectivity index (χ1) is 13.3. The fourth-order valence-corrected chi connectivity index (χ4v) is 3.15. The Labute approximate surface area is 166 Å². The summed E-state index contributed by atoms with van der Waals surface area (Å²) in [5.74, 6) is 1.10. The van der Waals surface area contributed by atoms with Crippen molar-refractivity contribution in [2.24, 2.45) is 0 Å². The molecule has 0 aliphatic heterocycles. The van der Waals surface area contributed by atoms with Crippen LogP contribution in [-0.4, -0.2) is 52.5 Å². The second kappa shape index (κ2) is 12.2. The van der Waals surface area contributed by atoms with E-state index in [1.54, 1.807) is 18.2 Å². The second-order valence-corrected chi connectivity index (χ2v) is 7.71. The molecule has 0 bridgehead atoms. The third-order valence-electron chi connectivity index (χ3n) is 3.99. The molecule has 0 aliphatic carbocycles. The van der Waals surface area contributed by atoms with Crippen LogP contribution >= 0.6 is 0 Å². The minimum atomic E-state index is -3.86. The molecular weight excluding hydrogens is 386 g/mol. The molecule has 8 nitrogen and oxygen atoms in total. The Balaban J connectivity index is 2.38. The number of ether oxygens (including phenoxy) is 3. The van der Waals surface area contributed by atoms with E-state index in [4.69, 9.17) is 18.8 Å². The lowest BCUT2D eigenvalue weighted by Crippen LogP contribution is -2.21. The van der Waals surface area contributed by atoms with Crippen molar-refractivity contribution in [2.45, 2.75) is 32.1 Å². The van der Waals surface area contributed by atoms with E-state index >= 15 is 0 Å². The van der Waals surface area contributed by atoms with E-state index < -0.39 is 10.1 Å². The van der Waals surface area contributed by atoms with Crippen molar-refractivity contribution in [1.29, 1.82) is 0 Å². The third kappa shape index (κ3) is 9.09. The Bertz CT molecular complexity index is 735. The summed E-state index contributed by atoms with van der Waals surface area (Å²) in [5.41, 5.74) is 0.739. The van der Waals surface area contributed by atoms with Gasteiger partial charge >= 0.3 is 0 Å². The maximum absolute atomic E-state index is 11.9. The van der Waals surface area contributed by atoms with Gasteiger partial charge < -0.3 is 19.5 Å². The van der Waals surface area contributed by atoms with Crippen LogP contribution in [0.25, 0.3) is 6.08 Å². The van der Waals surface area contributed by atoms with E-state index in [0.717, 1.165) is 31.2 Å². The number of hydrogen-bond donors (Lipinski definition) is 2. The maximum Gasteiger partial charge on any atom is 0.264 e. The first-order valence-electron chi connectivity index (χ1n) is 9.01. The number of hydrogen-bond acceptors (Lipinski definition) is 6. The summed E-state index contributed by atoms with van der Waals surface area (Å²) in [5, 5.41) is 2.80. The van der Waals surface area contributed by atoms with E-state index in [0.29, 0.717) is 30.2 Å². The Kier molecular flexibility index (Phi) is 10.4. The first kappa shape index (κ1) is 23.8. The fraction of sp³-hybridized carbons (Fsp3) is 0.526. The SMILES string of the molecule is COc1cc(/C=C/C(=O)NCCCCCCCS(=O)(=O)O)cc(OC)c1OC. The average molecular weight is 416 g/mol. The molecule has 2 N–H and O–H groups in total. The molecule has 1 amide bonds. The second-order valence-electron chi connectivity index (χ2n) is 6.14. The van der Waals surface area contributed by atoms with Gasteiger partial charge in [-0.15, -0.1) is 0 Å². The maximum atomic E-state index is 11.9. The Morgan fingerprint density at radius 1 is 1.00 bits per heavy atom. The minimum Gasteiger partial charge on any atom is -0.493 e. The largest absolute Gasteiger partial charge is 0.493 e. The lowest BCUT2D eigenvalue weighted by atomic mass is 10.1. The van der Waals surface area contributed by atoms with Crippen molar-refractivity contribution in [3.63, 3.8) is 0 Å². The van der Waals surface area contributed by atoms with Gasteiger partial charge in [-0.3, -0.25) is 9.35 Å². The van der Waals surface area contributed by atoms with Gasteiger partial charge in [0, 0.05) is 12.6 Å². The quantitative estimate of drug-likeness (QED) is 0.289. The summed E-state index contributed by atoms with van der Waals surface area (Å²) in [7, 11) is 0.719. The number of carbonyl (C=O) groups excluding carboxylic acids is 1. The fourth-order valence-electron chi connectivity index (χ4n) is 2.58. The van der Waals surface area contributed by atoms with E-state index in [9.17, 15) is 13.2 Å². The number of rotatable bonds is 13. The Hall–Kier alpha value is -2.26. The molecule has 158 valence electrons. The molecule has 0 heterocycles. The van der Waals surface area contributed by atoms with Crippen LogP contribution in [0.1, 0.15) is 37.7 Å². The molecule has 1 aromatic carbocycles. The molecule has 0 saturated heterocycles. The molecule has 0 aliphatic rings. The predicted octanol–water partition coefficient (Wildman–Crippen LogP) is 2.68. The highest BCUT2D eigenvalue weighted by molar-refractivity contribution is 7.85. The Morgan fingerprint density at radius 3 is 2.11 bits per heavy atom. The smallest absolute Gasteiger partial charge is 0.264 e. The molecule has 9 heteroatoms. The summed E-state index contributed by atoms with van der Waals surface area (Å²) in [6.45, 7) is 0.538. The van der Waals surface area contributed by atoms with Crippen molar-refractivity contribution in [1.82, 2.24) is 5.32 Å². The minimum absolute atomic E-state index is 0.199. The van der Waals surface area contributed by atoms with Crippen molar-refractivity contribution < 1.29 is 32.0 Å². The van der Waals surface area contributed by atoms with E-state index in [-0.39, 0.29) is 11.7 Å². The van der Waals surface area contributed by atoms with Crippen LogP contribution in [0.4, 0.5) is 0 Å². The highest BCUT2D eigenvalue weighted by atomic mass is 32.2. The van der Waals surface area contributed by atoms with Crippen molar-refractivity contribution in [3.05, 3.63) is 23.8 Å². The number of benzene rings is 1. The van der Waals surface area contributed by atoms with Gasteiger partial charge in [-0.25, -0.2) is 0 Å². The zero-order valence-corrected chi connectivity index (χ0v) is 17.4. The highest BCUT2D eigenvalue weighted by Gasteiger charge is 2.12. The molecule has 28 heavy (non-hydrogen) atoms. The monoisotopic (exact) mass is 415 g/mol. The molecule has 0 radical (unpaired) electrons. The van der Waals surface area contributed by atoms with Crippen LogP contribution in [0.15, 0.2) is 18.2 Å². The summed E-state index contributed by atoms with van der Waals surface area (Å²) in [6, 6.07) is 3.50. The van der Waals surface area contributed by atoms with Gasteiger partial charge in [0.2, 0.25) is 11.7 Å². The van der Waals surface area contributed by atoms with Crippen molar-refractivity contribution in [2.75, 3.05) is 33.6 Å². The van der Waals surface area contributed by atoms with E-state index in [1.807, 2.05) is 0 Å². The summed E-state index contributed by atoms with van der Waals surface area (Å²) in [6.07, 6.45) is 6.81. The number of nitrogens with one attached hydrogen (secondary N) is 1. The van der Waals surface area contributed by atoms with Gasteiger partial charge in [0.1, 0.15) is 0 Å². The molecule has 0 atom stereocenters. The first-order valence-corrected chi connectivity index (χ1v) is 10.6. The standard InChI is InChI=1S/C19H29NO7S/c1-25-16-13-15(14-17(26-2)19(16)27-3)9-10-18(21)20-11-7-5-4-6-8-12-28(22,23)24/h9-10,13-14H,4-8,11-12H2,1-3H3,(H,20,21)(H,22,23,24)/b10-9+. The number of unbranched alkanes of at least 4 members (excludes halogenated alkanes) is 4. The van der Waals surface area contributed by atoms with Gasteiger partial charge in [-0.1, -0.05) is 19.3 Å². The summed E-state index contributed by atoms with van der Waals surface area (Å²) < 4.78 is 45.6. The summed E-state index contributed by atoms with van der Waals surface area (Å²) >= 11 is 0. The van der Waals surface area contributed by atoms with Crippen LogP contribution in [0, 0.1) is 0 Å². The zero-order valence-electron chi connectivity index (χ0n) is 16.6. The van der Waals surface area contributed by atoms with Crippen LogP contribution in [0.2, 0.25) is 0 Å². The van der Waals surface area contributed by atoms with Crippen LogP contribution in [0.5, 0.6) is 17.2 Å². The van der Waals surface area contributed by atoms with Gasteiger partial charge in [0.25, 0.3) is 10.1 Å². The lowest BCUT2D eigenvalue weighted by Gasteiger charge is -2.12. The molecule has 0 aromatic heterocycles. The van der Waals surface area contributed by atoms with Gasteiger partial charge in [-0.05, 0) is 36.6 Å². The van der Waals surface area contributed by atoms with Crippen LogP contribution in [-0.2, 0) is 14.9 Å². The van der Waals surface area contributed by atoms with Gasteiger partial charge in [-0.2, -0.15) is 8.42 Å².